The van der Waals surface area contributed by atoms with Gasteiger partial charge in [-0.15, -0.1) is 0 Å². The van der Waals surface area contributed by atoms with Crippen LogP contribution in [0, 0.1) is 0 Å². The van der Waals surface area contributed by atoms with Gasteiger partial charge in [-0.05, 0) is 19.1 Å². The first-order valence-electron chi connectivity index (χ1n) is 6.31. The van der Waals surface area contributed by atoms with Gasteiger partial charge in [-0.3, -0.25) is 4.79 Å². The standard InChI is InChI=1S/C14H15Cl2N3O2/c1-9(7-19-4-3-17-8-19)18-14(20)10-5-11(15)13(21-2)12(16)6-10/h3-6,8-9H,7H2,1-2H3,(H,18,20)/t9-/m1/s1. The molecule has 1 N–H and O–H groups in total. The monoisotopic (exact) mass is 327 g/mol. The first kappa shape index (κ1) is 15.7. The summed E-state index contributed by atoms with van der Waals surface area (Å²) in [6.45, 7) is 2.54. The van der Waals surface area contributed by atoms with Crippen molar-refractivity contribution in [2.75, 3.05) is 7.11 Å². The summed E-state index contributed by atoms with van der Waals surface area (Å²) in [7, 11) is 1.47. The Morgan fingerprint density at radius 3 is 2.62 bits per heavy atom. The first-order chi connectivity index (χ1) is 10.0. The molecule has 0 aliphatic carbocycles. The van der Waals surface area contributed by atoms with E-state index in [1.54, 1.807) is 12.5 Å². The van der Waals surface area contributed by atoms with E-state index in [2.05, 4.69) is 10.3 Å². The normalized spacial score (nSPS) is 12.0. The number of methoxy groups -OCH3 is 1. The summed E-state index contributed by atoms with van der Waals surface area (Å²) in [5, 5.41) is 3.49. The fraction of sp³-hybridized carbons (Fsp3) is 0.286. The zero-order valence-corrected chi connectivity index (χ0v) is 13.1. The van der Waals surface area contributed by atoms with Crippen molar-refractivity contribution in [1.82, 2.24) is 14.9 Å². The summed E-state index contributed by atoms with van der Waals surface area (Å²) in [6.07, 6.45) is 5.23. The van der Waals surface area contributed by atoms with Crippen molar-refractivity contribution in [3.63, 3.8) is 0 Å². The van der Waals surface area contributed by atoms with E-state index in [0.717, 1.165) is 0 Å². The van der Waals surface area contributed by atoms with Gasteiger partial charge in [-0.2, -0.15) is 0 Å². The van der Waals surface area contributed by atoms with Gasteiger partial charge in [0.25, 0.3) is 5.91 Å². The molecule has 1 heterocycles. The number of ether oxygens (including phenoxy) is 1. The van der Waals surface area contributed by atoms with Crippen LogP contribution in [0.3, 0.4) is 0 Å². The highest BCUT2D eigenvalue weighted by Gasteiger charge is 2.15. The van der Waals surface area contributed by atoms with Crippen LogP contribution in [0.25, 0.3) is 0 Å². The molecule has 0 bridgehead atoms. The number of hydrogen-bond acceptors (Lipinski definition) is 3. The van der Waals surface area contributed by atoms with E-state index < -0.39 is 0 Å². The van der Waals surface area contributed by atoms with Crippen LogP contribution in [0.4, 0.5) is 0 Å². The summed E-state index contributed by atoms with van der Waals surface area (Å²) >= 11 is 12.1. The summed E-state index contributed by atoms with van der Waals surface area (Å²) in [6, 6.07) is 3.00. The highest BCUT2D eigenvalue weighted by atomic mass is 35.5. The topological polar surface area (TPSA) is 56.1 Å². The smallest absolute Gasteiger partial charge is 0.251 e. The average molecular weight is 328 g/mol. The Hall–Kier alpha value is -1.72. The Kier molecular flexibility index (Phi) is 5.09. The molecule has 0 fully saturated rings. The second-order valence-electron chi connectivity index (χ2n) is 4.61. The van der Waals surface area contributed by atoms with Crippen LogP contribution in [-0.4, -0.2) is 28.6 Å². The molecule has 0 radical (unpaired) electrons. The number of rotatable bonds is 5. The van der Waals surface area contributed by atoms with Gasteiger partial charge in [0.05, 0.1) is 23.5 Å². The maximum Gasteiger partial charge on any atom is 0.251 e. The SMILES string of the molecule is COc1c(Cl)cc(C(=O)N[C@H](C)Cn2ccnc2)cc1Cl. The van der Waals surface area contributed by atoms with Gasteiger partial charge in [0, 0.05) is 30.5 Å². The van der Waals surface area contributed by atoms with Crippen molar-refractivity contribution in [2.45, 2.75) is 19.5 Å². The van der Waals surface area contributed by atoms with Crippen molar-refractivity contribution in [3.05, 3.63) is 46.5 Å². The van der Waals surface area contributed by atoms with Gasteiger partial charge < -0.3 is 14.6 Å². The highest BCUT2D eigenvalue weighted by Crippen LogP contribution is 2.33. The lowest BCUT2D eigenvalue weighted by Gasteiger charge is -2.15. The van der Waals surface area contributed by atoms with Gasteiger partial charge in [0.15, 0.2) is 5.75 Å². The number of nitrogens with zero attached hydrogens (tertiary/aromatic N) is 2. The fourth-order valence-electron chi connectivity index (χ4n) is 1.95. The summed E-state index contributed by atoms with van der Waals surface area (Å²) in [5.41, 5.74) is 0.392. The highest BCUT2D eigenvalue weighted by molar-refractivity contribution is 6.37. The van der Waals surface area contributed by atoms with E-state index >= 15 is 0 Å². The molecule has 2 aromatic rings. The van der Waals surface area contributed by atoms with Crippen LogP contribution in [-0.2, 0) is 6.54 Å². The third-order valence-electron chi connectivity index (χ3n) is 2.89. The second-order valence-corrected chi connectivity index (χ2v) is 5.42. The number of hydrogen-bond donors (Lipinski definition) is 1. The van der Waals surface area contributed by atoms with Crippen molar-refractivity contribution in [1.29, 1.82) is 0 Å². The molecule has 0 aliphatic heterocycles. The number of benzene rings is 1. The molecule has 2 rings (SSSR count). The zero-order valence-electron chi connectivity index (χ0n) is 11.6. The van der Waals surface area contributed by atoms with E-state index in [-0.39, 0.29) is 11.9 Å². The summed E-state index contributed by atoms with van der Waals surface area (Å²) in [5.74, 6) is 0.121. The molecule has 0 saturated heterocycles. The van der Waals surface area contributed by atoms with Crippen LogP contribution in [0.1, 0.15) is 17.3 Å². The molecule has 1 amide bonds. The molecule has 0 unspecified atom stereocenters. The molecule has 5 nitrogen and oxygen atoms in total. The van der Waals surface area contributed by atoms with Crippen molar-refractivity contribution in [3.8, 4) is 5.75 Å². The van der Waals surface area contributed by atoms with Gasteiger partial charge >= 0.3 is 0 Å². The van der Waals surface area contributed by atoms with Crippen LogP contribution in [0.15, 0.2) is 30.9 Å². The lowest BCUT2D eigenvalue weighted by atomic mass is 10.2. The van der Waals surface area contributed by atoms with Gasteiger partial charge in [0.2, 0.25) is 0 Å². The number of nitrogens with one attached hydrogen (secondary N) is 1. The van der Waals surface area contributed by atoms with E-state index in [9.17, 15) is 4.79 Å². The molecule has 0 spiro atoms. The maximum atomic E-state index is 12.2. The minimum Gasteiger partial charge on any atom is -0.494 e. The van der Waals surface area contributed by atoms with E-state index in [1.165, 1.54) is 19.2 Å². The molecule has 21 heavy (non-hydrogen) atoms. The summed E-state index contributed by atoms with van der Waals surface area (Å²) < 4.78 is 6.94. The molecular weight excluding hydrogens is 313 g/mol. The molecule has 112 valence electrons. The predicted octanol–water partition coefficient (Wildman–Crippen LogP) is 3.02. The second kappa shape index (κ2) is 6.83. The molecular formula is C14H15Cl2N3O2. The lowest BCUT2D eigenvalue weighted by molar-refractivity contribution is 0.0936. The molecule has 1 aromatic carbocycles. The number of carbonyl (C=O) groups excluding carboxylic acids is 1. The number of amides is 1. The van der Waals surface area contributed by atoms with E-state index in [4.69, 9.17) is 27.9 Å². The number of aromatic nitrogens is 2. The van der Waals surface area contributed by atoms with E-state index in [1.807, 2.05) is 17.7 Å². The van der Waals surface area contributed by atoms with Crippen LogP contribution in [0.5, 0.6) is 5.75 Å². The Labute approximate surface area is 132 Å². The molecule has 0 aliphatic rings. The Morgan fingerprint density at radius 2 is 2.10 bits per heavy atom. The van der Waals surface area contributed by atoms with Gasteiger partial charge in [0.1, 0.15) is 0 Å². The van der Waals surface area contributed by atoms with Crippen molar-refractivity contribution >= 4 is 29.1 Å². The van der Waals surface area contributed by atoms with Crippen LogP contribution in [0.2, 0.25) is 10.0 Å². The Balaban J connectivity index is 2.06. The number of imidazole rings is 1. The minimum atomic E-state index is -0.242. The minimum absolute atomic E-state index is 0.0636. The Morgan fingerprint density at radius 1 is 1.43 bits per heavy atom. The quantitative estimate of drug-likeness (QED) is 0.918. The molecule has 0 saturated carbocycles. The van der Waals surface area contributed by atoms with Crippen molar-refractivity contribution < 1.29 is 9.53 Å². The number of carbonyl (C=O) groups is 1. The predicted molar refractivity (Wildman–Crippen MR) is 82.2 cm³/mol. The van der Waals surface area contributed by atoms with Gasteiger partial charge in [-0.1, -0.05) is 23.2 Å². The van der Waals surface area contributed by atoms with Gasteiger partial charge in [-0.25, -0.2) is 4.98 Å². The Bertz CT molecular complexity index is 606. The van der Waals surface area contributed by atoms with E-state index in [0.29, 0.717) is 27.9 Å². The number of halogens is 2. The first-order valence-corrected chi connectivity index (χ1v) is 7.06. The zero-order chi connectivity index (χ0) is 15.4. The maximum absolute atomic E-state index is 12.2. The molecule has 1 aromatic heterocycles. The van der Waals surface area contributed by atoms with Crippen molar-refractivity contribution in [2.24, 2.45) is 0 Å². The summed E-state index contributed by atoms with van der Waals surface area (Å²) in [4.78, 5) is 16.1. The molecule has 7 heteroatoms. The third kappa shape index (κ3) is 3.89. The van der Waals surface area contributed by atoms with Crippen LogP contribution >= 0.6 is 23.2 Å². The fourth-order valence-corrected chi connectivity index (χ4v) is 2.59. The lowest BCUT2D eigenvalue weighted by Crippen LogP contribution is -2.35. The average Bonchev–Trinajstić information content (AvgIpc) is 2.90. The molecule has 1 atom stereocenters. The van der Waals surface area contributed by atoms with Crippen LogP contribution < -0.4 is 10.1 Å². The third-order valence-corrected chi connectivity index (χ3v) is 3.45. The largest absolute Gasteiger partial charge is 0.494 e.